The standard InChI is InChI=1S/C11H22N2O/c1-4-5-6-12-11(14)13-8-9(2)7-10(13)3/h9-10H,4-8H2,1-3H3,(H,12,14). The molecule has 82 valence electrons. The fraction of sp³-hybridized carbons (Fsp3) is 0.909. The number of amides is 2. The number of hydrogen-bond acceptors (Lipinski definition) is 1. The van der Waals surface area contributed by atoms with Gasteiger partial charge in [0.25, 0.3) is 0 Å². The highest BCUT2D eigenvalue weighted by molar-refractivity contribution is 5.74. The second-order valence-corrected chi connectivity index (χ2v) is 4.43. The Morgan fingerprint density at radius 2 is 2.21 bits per heavy atom. The highest BCUT2D eigenvalue weighted by Gasteiger charge is 2.29. The summed E-state index contributed by atoms with van der Waals surface area (Å²) in [6.07, 6.45) is 3.34. The Morgan fingerprint density at radius 3 is 2.71 bits per heavy atom. The van der Waals surface area contributed by atoms with E-state index in [4.69, 9.17) is 0 Å². The molecule has 2 unspecified atom stereocenters. The van der Waals surface area contributed by atoms with Crippen LogP contribution >= 0.6 is 0 Å². The number of nitrogens with zero attached hydrogens (tertiary/aromatic N) is 1. The smallest absolute Gasteiger partial charge is 0.317 e. The molecule has 3 heteroatoms. The van der Waals surface area contributed by atoms with E-state index in [9.17, 15) is 4.79 Å². The molecule has 14 heavy (non-hydrogen) atoms. The third-order valence-electron chi connectivity index (χ3n) is 2.85. The molecule has 1 fully saturated rings. The SMILES string of the molecule is CCCCNC(=O)N1CC(C)CC1C. The van der Waals surface area contributed by atoms with Gasteiger partial charge in [-0.05, 0) is 25.7 Å². The second kappa shape index (κ2) is 5.23. The summed E-state index contributed by atoms with van der Waals surface area (Å²) in [5.74, 6) is 0.655. The van der Waals surface area contributed by atoms with Crippen molar-refractivity contribution in [1.29, 1.82) is 0 Å². The van der Waals surface area contributed by atoms with Crippen LogP contribution in [0.25, 0.3) is 0 Å². The first kappa shape index (κ1) is 11.3. The zero-order valence-electron chi connectivity index (χ0n) is 9.55. The number of carbonyl (C=O) groups excluding carboxylic acids is 1. The van der Waals surface area contributed by atoms with Gasteiger partial charge in [-0.25, -0.2) is 4.79 Å². The molecule has 0 radical (unpaired) electrons. The van der Waals surface area contributed by atoms with Crippen LogP contribution in [0.5, 0.6) is 0 Å². The molecule has 1 heterocycles. The molecule has 0 saturated carbocycles. The molecule has 1 aliphatic heterocycles. The lowest BCUT2D eigenvalue weighted by Gasteiger charge is -2.21. The van der Waals surface area contributed by atoms with Crippen molar-refractivity contribution in [1.82, 2.24) is 10.2 Å². The summed E-state index contributed by atoms with van der Waals surface area (Å²) in [6.45, 7) is 8.19. The highest BCUT2D eigenvalue weighted by atomic mass is 16.2. The molecule has 0 bridgehead atoms. The predicted octanol–water partition coefficient (Wildman–Crippen LogP) is 2.23. The van der Waals surface area contributed by atoms with Crippen LogP contribution in [-0.2, 0) is 0 Å². The number of rotatable bonds is 3. The molecule has 1 saturated heterocycles. The van der Waals surface area contributed by atoms with Crippen LogP contribution in [0.2, 0.25) is 0 Å². The summed E-state index contributed by atoms with van der Waals surface area (Å²) in [5.41, 5.74) is 0. The minimum atomic E-state index is 0.121. The van der Waals surface area contributed by atoms with E-state index in [-0.39, 0.29) is 6.03 Å². The van der Waals surface area contributed by atoms with Gasteiger partial charge in [0, 0.05) is 19.1 Å². The van der Waals surface area contributed by atoms with Crippen molar-refractivity contribution >= 4 is 6.03 Å². The van der Waals surface area contributed by atoms with Gasteiger partial charge >= 0.3 is 6.03 Å². The summed E-state index contributed by atoms with van der Waals surface area (Å²) in [6, 6.07) is 0.530. The summed E-state index contributed by atoms with van der Waals surface area (Å²) < 4.78 is 0. The quantitative estimate of drug-likeness (QED) is 0.693. The Labute approximate surface area is 86.9 Å². The Morgan fingerprint density at radius 1 is 1.50 bits per heavy atom. The number of nitrogens with one attached hydrogen (secondary N) is 1. The molecule has 0 aromatic rings. The van der Waals surface area contributed by atoms with E-state index < -0.39 is 0 Å². The van der Waals surface area contributed by atoms with Gasteiger partial charge in [-0.3, -0.25) is 0 Å². The number of hydrogen-bond donors (Lipinski definition) is 1. The number of urea groups is 1. The van der Waals surface area contributed by atoms with Crippen molar-refractivity contribution in [3.63, 3.8) is 0 Å². The van der Waals surface area contributed by atoms with Crippen LogP contribution in [0.1, 0.15) is 40.0 Å². The monoisotopic (exact) mass is 198 g/mol. The van der Waals surface area contributed by atoms with Gasteiger partial charge in [0.15, 0.2) is 0 Å². The van der Waals surface area contributed by atoms with Gasteiger partial charge in [-0.2, -0.15) is 0 Å². The summed E-state index contributed by atoms with van der Waals surface area (Å²) >= 11 is 0. The molecule has 0 aliphatic carbocycles. The van der Waals surface area contributed by atoms with Crippen LogP contribution < -0.4 is 5.32 Å². The van der Waals surface area contributed by atoms with E-state index in [1.165, 1.54) is 0 Å². The lowest BCUT2D eigenvalue weighted by atomic mass is 10.1. The first-order chi connectivity index (χ1) is 6.65. The van der Waals surface area contributed by atoms with Gasteiger partial charge in [0.1, 0.15) is 0 Å². The van der Waals surface area contributed by atoms with Crippen molar-refractivity contribution in [2.24, 2.45) is 5.92 Å². The number of unbranched alkanes of at least 4 members (excludes halogenated alkanes) is 1. The predicted molar refractivity (Wildman–Crippen MR) is 58.3 cm³/mol. The minimum absolute atomic E-state index is 0.121. The highest BCUT2D eigenvalue weighted by Crippen LogP contribution is 2.21. The maximum Gasteiger partial charge on any atom is 0.317 e. The molecule has 1 rings (SSSR count). The Kier molecular flexibility index (Phi) is 4.23. The average Bonchev–Trinajstić information content (AvgIpc) is 2.45. The fourth-order valence-electron chi connectivity index (χ4n) is 2.06. The maximum absolute atomic E-state index is 11.7. The molecule has 0 aromatic heterocycles. The van der Waals surface area contributed by atoms with Gasteiger partial charge in [0.05, 0.1) is 0 Å². The summed E-state index contributed by atoms with van der Waals surface area (Å²) in [5, 5.41) is 2.96. The lowest BCUT2D eigenvalue weighted by molar-refractivity contribution is 0.195. The minimum Gasteiger partial charge on any atom is -0.338 e. The lowest BCUT2D eigenvalue weighted by Crippen LogP contribution is -2.42. The Balaban J connectivity index is 2.30. The maximum atomic E-state index is 11.7. The first-order valence-corrected chi connectivity index (χ1v) is 5.69. The molecule has 2 atom stereocenters. The third-order valence-corrected chi connectivity index (χ3v) is 2.85. The van der Waals surface area contributed by atoms with Crippen molar-refractivity contribution < 1.29 is 4.79 Å². The van der Waals surface area contributed by atoms with Crippen molar-refractivity contribution in [2.45, 2.75) is 46.1 Å². The Bertz CT molecular complexity index is 194. The average molecular weight is 198 g/mol. The molecule has 0 aromatic carbocycles. The topological polar surface area (TPSA) is 32.3 Å². The molecule has 1 aliphatic rings. The van der Waals surface area contributed by atoms with E-state index in [2.05, 4.69) is 26.1 Å². The number of carbonyl (C=O) groups is 1. The van der Waals surface area contributed by atoms with Crippen LogP contribution in [0.3, 0.4) is 0 Å². The van der Waals surface area contributed by atoms with E-state index in [0.717, 1.165) is 32.4 Å². The fourth-order valence-corrected chi connectivity index (χ4v) is 2.06. The first-order valence-electron chi connectivity index (χ1n) is 5.69. The zero-order chi connectivity index (χ0) is 10.6. The summed E-state index contributed by atoms with van der Waals surface area (Å²) in [7, 11) is 0. The normalized spacial score (nSPS) is 26.6. The van der Waals surface area contributed by atoms with E-state index in [1.807, 2.05) is 4.90 Å². The van der Waals surface area contributed by atoms with Crippen molar-refractivity contribution in [3.05, 3.63) is 0 Å². The molecule has 1 N–H and O–H groups in total. The zero-order valence-corrected chi connectivity index (χ0v) is 9.55. The van der Waals surface area contributed by atoms with Crippen LogP contribution in [0.4, 0.5) is 4.79 Å². The van der Waals surface area contributed by atoms with Gasteiger partial charge < -0.3 is 10.2 Å². The summed E-state index contributed by atoms with van der Waals surface area (Å²) in [4.78, 5) is 13.6. The molecule has 0 spiro atoms. The molecular formula is C11H22N2O. The molecule has 2 amide bonds. The van der Waals surface area contributed by atoms with Gasteiger partial charge in [0.2, 0.25) is 0 Å². The van der Waals surface area contributed by atoms with E-state index in [0.29, 0.717) is 12.0 Å². The van der Waals surface area contributed by atoms with E-state index >= 15 is 0 Å². The van der Waals surface area contributed by atoms with E-state index in [1.54, 1.807) is 0 Å². The molecule has 3 nitrogen and oxygen atoms in total. The van der Waals surface area contributed by atoms with Gasteiger partial charge in [-0.1, -0.05) is 20.3 Å². The third kappa shape index (κ3) is 2.89. The Hall–Kier alpha value is -0.730. The van der Waals surface area contributed by atoms with Crippen LogP contribution in [0, 0.1) is 5.92 Å². The van der Waals surface area contributed by atoms with Crippen LogP contribution in [0.15, 0.2) is 0 Å². The van der Waals surface area contributed by atoms with Crippen molar-refractivity contribution in [3.8, 4) is 0 Å². The molecular weight excluding hydrogens is 176 g/mol. The van der Waals surface area contributed by atoms with Crippen LogP contribution in [-0.4, -0.2) is 30.1 Å². The van der Waals surface area contributed by atoms with Crippen molar-refractivity contribution in [2.75, 3.05) is 13.1 Å². The number of likely N-dealkylation sites (tertiary alicyclic amines) is 1. The van der Waals surface area contributed by atoms with Gasteiger partial charge in [-0.15, -0.1) is 0 Å². The largest absolute Gasteiger partial charge is 0.338 e. The second-order valence-electron chi connectivity index (χ2n) is 4.43.